The van der Waals surface area contributed by atoms with Crippen molar-refractivity contribution in [3.05, 3.63) is 34.6 Å². The maximum absolute atomic E-state index is 14.0. The van der Waals surface area contributed by atoms with E-state index < -0.39 is 0 Å². The van der Waals surface area contributed by atoms with Crippen molar-refractivity contribution in [1.82, 2.24) is 4.90 Å². The number of piperidine rings is 1. The van der Waals surface area contributed by atoms with E-state index in [-0.39, 0.29) is 11.9 Å². The Bertz CT molecular complexity index is 383. The zero-order valence-corrected chi connectivity index (χ0v) is 11.5. The average Bonchev–Trinajstić information content (AvgIpc) is 2.35. The van der Waals surface area contributed by atoms with Crippen LogP contribution in [0.15, 0.2) is 18.2 Å². The van der Waals surface area contributed by atoms with Gasteiger partial charge in [-0.05, 0) is 44.0 Å². The molecule has 1 atom stereocenters. The smallest absolute Gasteiger partial charge is 0.129 e. The molecule has 0 bridgehead atoms. The molecule has 1 aliphatic heterocycles. The van der Waals surface area contributed by atoms with Crippen molar-refractivity contribution in [3.8, 4) is 0 Å². The average molecular weight is 271 g/mol. The predicted molar refractivity (Wildman–Crippen MR) is 73.2 cm³/mol. The molecule has 1 aromatic carbocycles. The molecule has 0 spiro atoms. The number of nitrogens with two attached hydrogens (primary N) is 1. The van der Waals surface area contributed by atoms with Crippen LogP contribution >= 0.6 is 11.6 Å². The van der Waals surface area contributed by atoms with Gasteiger partial charge in [-0.3, -0.25) is 4.90 Å². The van der Waals surface area contributed by atoms with Crippen LogP contribution in [0.1, 0.15) is 31.4 Å². The maximum Gasteiger partial charge on any atom is 0.129 e. The van der Waals surface area contributed by atoms with E-state index in [1.807, 2.05) is 0 Å². The summed E-state index contributed by atoms with van der Waals surface area (Å²) >= 11 is 6.13. The molecule has 0 saturated carbocycles. The van der Waals surface area contributed by atoms with E-state index in [2.05, 4.69) is 11.8 Å². The Morgan fingerprint density at radius 1 is 1.44 bits per heavy atom. The highest BCUT2D eigenvalue weighted by molar-refractivity contribution is 6.31. The zero-order valence-electron chi connectivity index (χ0n) is 10.7. The van der Waals surface area contributed by atoms with Gasteiger partial charge in [0.15, 0.2) is 0 Å². The van der Waals surface area contributed by atoms with Crippen LogP contribution in [-0.4, -0.2) is 24.5 Å². The van der Waals surface area contributed by atoms with Gasteiger partial charge in [0.05, 0.1) is 6.04 Å². The van der Waals surface area contributed by atoms with Crippen LogP contribution in [0.2, 0.25) is 5.02 Å². The highest BCUT2D eigenvalue weighted by atomic mass is 35.5. The summed E-state index contributed by atoms with van der Waals surface area (Å²) < 4.78 is 14.0. The molecule has 2 rings (SSSR count). The summed E-state index contributed by atoms with van der Waals surface area (Å²) in [6.45, 7) is 4.58. The SMILES string of the molecule is CC1CCN(C(CN)c2c(F)cccc2Cl)CC1. The van der Waals surface area contributed by atoms with E-state index in [1.54, 1.807) is 12.1 Å². The summed E-state index contributed by atoms with van der Waals surface area (Å²) in [6, 6.07) is 4.71. The lowest BCUT2D eigenvalue weighted by atomic mass is 9.95. The molecule has 1 aromatic rings. The normalized spacial score (nSPS) is 20.0. The number of hydrogen-bond donors (Lipinski definition) is 1. The Labute approximate surface area is 113 Å². The van der Waals surface area contributed by atoms with Crippen LogP contribution in [0.3, 0.4) is 0 Å². The number of rotatable bonds is 3. The number of hydrogen-bond acceptors (Lipinski definition) is 2. The first kappa shape index (κ1) is 13.8. The summed E-state index contributed by atoms with van der Waals surface area (Å²) in [7, 11) is 0. The second-order valence-electron chi connectivity index (χ2n) is 5.11. The van der Waals surface area contributed by atoms with Gasteiger partial charge in [-0.2, -0.15) is 0 Å². The molecule has 0 amide bonds. The maximum atomic E-state index is 14.0. The lowest BCUT2D eigenvalue weighted by Gasteiger charge is -2.36. The summed E-state index contributed by atoms with van der Waals surface area (Å²) in [5, 5.41) is 0.476. The van der Waals surface area contributed by atoms with Crippen LogP contribution in [-0.2, 0) is 0 Å². The Hall–Kier alpha value is -0.640. The summed E-state index contributed by atoms with van der Waals surface area (Å²) in [5.41, 5.74) is 6.39. The number of halogens is 2. The first-order valence-corrected chi connectivity index (χ1v) is 6.89. The highest BCUT2D eigenvalue weighted by Crippen LogP contribution is 2.32. The lowest BCUT2D eigenvalue weighted by Crippen LogP contribution is -2.39. The number of nitrogens with zero attached hydrogens (tertiary/aromatic N) is 1. The van der Waals surface area contributed by atoms with Crippen molar-refractivity contribution in [2.75, 3.05) is 19.6 Å². The molecule has 0 aromatic heterocycles. The molecule has 4 heteroatoms. The first-order valence-electron chi connectivity index (χ1n) is 6.51. The van der Waals surface area contributed by atoms with Crippen LogP contribution in [0.25, 0.3) is 0 Å². The van der Waals surface area contributed by atoms with Gasteiger partial charge in [0, 0.05) is 17.1 Å². The van der Waals surface area contributed by atoms with E-state index in [0.717, 1.165) is 31.8 Å². The highest BCUT2D eigenvalue weighted by Gasteiger charge is 2.27. The number of likely N-dealkylation sites (tertiary alicyclic amines) is 1. The summed E-state index contributed by atoms with van der Waals surface area (Å²) in [5.74, 6) is 0.493. The van der Waals surface area contributed by atoms with Gasteiger partial charge in [0.2, 0.25) is 0 Å². The Morgan fingerprint density at radius 3 is 2.67 bits per heavy atom. The lowest BCUT2D eigenvalue weighted by molar-refractivity contribution is 0.139. The van der Waals surface area contributed by atoms with Crippen molar-refractivity contribution in [3.63, 3.8) is 0 Å². The molecule has 1 fully saturated rings. The Kier molecular flexibility index (Phi) is 4.60. The fourth-order valence-electron chi connectivity index (χ4n) is 2.62. The van der Waals surface area contributed by atoms with Gasteiger partial charge in [-0.15, -0.1) is 0 Å². The fourth-order valence-corrected chi connectivity index (χ4v) is 2.91. The first-order chi connectivity index (χ1) is 8.63. The second kappa shape index (κ2) is 6.00. The second-order valence-corrected chi connectivity index (χ2v) is 5.51. The third kappa shape index (κ3) is 2.85. The molecule has 1 heterocycles. The molecule has 1 unspecified atom stereocenters. The quantitative estimate of drug-likeness (QED) is 0.914. The van der Waals surface area contributed by atoms with E-state index in [1.165, 1.54) is 6.07 Å². The fraction of sp³-hybridized carbons (Fsp3) is 0.571. The number of benzene rings is 1. The van der Waals surface area contributed by atoms with Gasteiger partial charge in [0.25, 0.3) is 0 Å². The Morgan fingerprint density at radius 2 is 2.11 bits per heavy atom. The molecular formula is C14H20ClFN2. The predicted octanol–water partition coefficient (Wildman–Crippen LogP) is 3.21. The van der Waals surface area contributed by atoms with Gasteiger partial charge < -0.3 is 5.73 Å². The minimum absolute atomic E-state index is 0.105. The summed E-state index contributed by atoms with van der Waals surface area (Å²) in [6.07, 6.45) is 2.28. The van der Waals surface area contributed by atoms with Crippen molar-refractivity contribution in [2.24, 2.45) is 11.7 Å². The molecule has 1 saturated heterocycles. The van der Waals surface area contributed by atoms with E-state index in [9.17, 15) is 4.39 Å². The van der Waals surface area contributed by atoms with Crippen molar-refractivity contribution in [2.45, 2.75) is 25.8 Å². The van der Waals surface area contributed by atoms with Crippen LogP contribution < -0.4 is 5.73 Å². The third-order valence-electron chi connectivity index (χ3n) is 3.82. The van der Waals surface area contributed by atoms with Crippen LogP contribution in [0.5, 0.6) is 0 Å². The van der Waals surface area contributed by atoms with Crippen molar-refractivity contribution in [1.29, 1.82) is 0 Å². The Balaban J connectivity index is 2.23. The van der Waals surface area contributed by atoms with E-state index in [4.69, 9.17) is 17.3 Å². The van der Waals surface area contributed by atoms with E-state index >= 15 is 0 Å². The van der Waals surface area contributed by atoms with E-state index in [0.29, 0.717) is 17.1 Å². The molecule has 100 valence electrons. The molecule has 2 N–H and O–H groups in total. The minimum atomic E-state index is -0.253. The molecule has 0 radical (unpaired) electrons. The monoisotopic (exact) mass is 270 g/mol. The van der Waals surface area contributed by atoms with Gasteiger partial charge in [-0.25, -0.2) is 4.39 Å². The molecule has 18 heavy (non-hydrogen) atoms. The molecule has 1 aliphatic rings. The van der Waals surface area contributed by atoms with Crippen molar-refractivity contribution < 1.29 is 4.39 Å². The largest absolute Gasteiger partial charge is 0.329 e. The zero-order chi connectivity index (χ0) is 13.1. The summed E-state index contributed by atoms with van der Waals surface area (Å²) in [4.78, 5) is 2.25. The van der Waals surface area contributed by atoms with Crippen molar-refractivity contribution >= 4 is 11.6 Å². The van der Waals surface area contributed by atoms with Crippen LogP contribution in [0.4, 0.5) is 4.39 Å². The minimum Gasteiger partial charge on any atom is -0.329 e. The molecule has 0 aliphatic carbocycles. The molecule has 2 nitrogen and oxygen atoms in total. The van der Waals surface area contributed by atoms with Gasteiger partial charge in [-0.1, -0.05) is 24.6 Å². The van der Waals surface area contributed by atoms with Gasteiger partial charge >= 0.3 is 0 Å². The van der Waals surface area contributed by atoms with Gasteiger partial charge in [0.1, 0.15) is 5.82 Å². The molecular weight excluding hydrogens is 251 g/mol. The standard InChI is InChI=1S/C14H20ClFN2/c1-10-5-7-18(8-6-10)13(9-17)14-11(15)3-2-4-12(14)16/h2-4,10,13H,5-9,17H2,1H3. The topological polar surface area (TPSA) is 29.3 Å². The van der Waals surface area contributed by atoms with Crippen LogP contribution in [0, 0.1) is 11.7 Å². The third-order valence-corrected chi connectivity index (χ3v) is 4.14.